The van der Waals surface area contributed by atoms with Gasteiger partial charge in [0.05, 0.1) is 6.61 Å². The molecule has 0 aliphatic rings. The Morgan fingerprint density at radius 1 is 1.25 bits per heavy atom. The van der Waals surface area contributed by atoms with Gasteiger partial charge >= 0.3 is 16.1 Å². The Kier molecular flexibility index (Phi) is 4.30. The zero-order valence-corrected chi connectivity index (χ0v) is 9.57. The van der Waals surface area contributed by atoms with Crippen molar-refractivity contribution >= 4 is 16.1 Å². The van der Waals surface area contributed by atoms with Crippen LogP contribution in [0.1, 0.15) is 6.92 Å². The van der Waals surface area contributed by atoms with Gasteiger partial charge < -0.3 is 8.92 Å². The molecule has 88 valence electrons. The third-order valence-corrected chi connectivity index (χ3v) is 2.60. The number of hydrogen-bond donors (Lipinski definition) is 0. The van der Waals surface area contributed by atoms with E-state index in [0.717, 1.165) is 0 Å². The lowest BCUT2D eigenvalue weighted by Crippen LogP contribution is -2.22. The lowest BCUT2D eigenvalue weighted by atomic mass is 10.3. The van der Waals surface area contributed by atoms with Crippen LogP contribution in [-0.2, 0) is 19.6 Å². The van der Waals surface area contributed by atoms with Crippen molar-refractivity contribution in [1.82, 2.24) is 0 Å². The largest absolute Gasteiger partial charge is 0.465 e. The highest BCUT2D eigenvalue weighted by Crippen LogP contribution is 2.11. The number of carbonyl (C=O) groups excluding carboxylic acids is 1. The lowest BCUT2D eigenvalue weighted by Gasteiger charge is -2.05. The van der Waals surface area contributed by atoms with Gasteiger partial charge in [-0.25, -0.2) is 0 Å². The number of ether oxygens (including phenoxy) is 1. The summed E-state index contributed by atoms with van der Waals surface area (Å²) in [6, 6.07) is 7.97. The molecule has 0 heterocycles. The highest BCUT2D eigenvalue weighted by atomic mass is 32.2. The van der Waals surface area contributed by atoms with E-state index in [9.17, 15) is 13.2 Å². The van der Waals surface area contributed by atoms with E-state index >= 15 is 0 Å². The quantitative estimate of drug-likeness (QED) is 0.570. The summed E-state index contributed by atoms with van der Waals surface area (Å²) in [5.41, 5.74) is 0. The zero-order chi connectivity index (χ0) is 12.0. The maximum absolute atomic E-state index is 11.4. The van der Waals surface area contributed by atoms with Crippen LogP contribution in [0.15, 0.2) is 30.3 Å². The smallest absolute Gasteiger partial charge is 0.324 e. The number of carbonyl (C=O) groups is 1. The average Bonchev–Trinajstić information content (AvgIpc) is 2.17. The van der Waals surface area contributed by atoms with Gasteiger partial charge in [0.15, 0.2) is 5.75 Å². The molecule has 0 aromatic heterocycles. The van der Waals surface area contributed by atoms with E-state index in [1.165, 1.54) is 12.1 Å². The normalized spacial score (nSPS) is 10.8. The summed E-state index contributed by atoms with van der Waals surface area (Å²) in [5.74, 6) is -1.43. The van der Waals surface area contributed by atoms with E-state index in [4.69, 9.17) is 4.18 Å². The molecule has 0 aliphatic carbocycles. The molecular weight excluding hydrogens is 232 g/mol. The summed E-state index contributed by atoms with van der Waals surface area (Å²) in [6.45, 7) is 1.74. The van der Waals surface area contributed by atoms with Gasteiger partial charge in [0.25, 0.3) is 0 Å². The molecule has 6 heteroatoms. The molecule has 0 saturated heterocycles. The Morgan fingerprint density at radius 2 is 1.88 bits per heavy atom. The topological polar surface area (TPSA) is 69.7 Å². The van der Waals surface area contributed by atoms with Crippen LogP contribution in [0.2, 0.25) is 0 Å². The van der Waals surface area contributed by atoms with Gasteiger partial charge in [-0.1, -0.05) is 18.2 Å². The van der Waals surface area contributed by atoms with Gasteiger partial charge in [-0.3, -0.25) is 4.79 Å². The minimum Gasteiger partial charge on any atom is -0.465 e. The molecule has 0 atom stereocenters. The van der Waals surface area contributed by atoms with Crippen molar-refractivity contribution in [2.75, 3.05) is 12.4 Å². The fourth-order valence-corrected chi connectivity index (χ4v) is 1.83. The number of rotatable bonds is 5. The van der Waals surface area contributed by atoms with Crippen molar-refractivity contribution in [3.8, 4) is 5.75 Å². The molecule has 16 heavy (non-hydrogen) atoms. The zero-order valence-electron chi connectivity index (χ0n) is 8.75. The predicted octanol–water partition coefficient (Wildman–Crippen LogP) is 0.958. The molecule has 0 fully saturated rings. The van der Waals surface area contributed by atoms with E-state index in [1.807, 2.05) is 0 Å². The van der Waals surface area contributed by atoms with E-state index in [0.29, 0.717) is 0 Å². The van der Waals surface area contributed by atoms with E-state index in [2.05, 4.69) is 4.74 Å². The highest BCUT2D eigenvalue weighted by molar-refractivity contribution is 7.87. The molecule has 0 bridgehead atoms. The van der Waals surface area contributed by atoms with Crippen LogP contribution in [0, 0.1) is 0 Å². The van der Waals surface area contributed by atoms with Crippen molar-refractivity contribution in [2.45, 2.75) is 6.92 Å². The molecule has 0 spiro atoms. The van der Waals surface area contributed by atoms with Crippen LogP contribution in [-0.4, -0.2) is 26.7 Å². The first-order valence-corrected chi connectivity index (χ1v) is 6.24. The average molecular weight is 244 g/mol. The van der Waals surface area contributed by atoms with Gasteiger partial charge in [-0.15, -0.1) is 0 Å². The van der Waals surface area contributed by atoms with Crippen LogP contribution < -0.4 is 4.18 Å². The maximum Gasteiger partial charge on any atom is 0.324 e. The second-order valence-electron chi connectivity index (χ2n) is 2.90. The van der Waals surface area contributed by atoms with Crippen molar-refractivity contribution in [2.24, 2.45) is 0 Å². The summed E-state index contributed by atoms with van der Waals surface area (Å²) in [5, 5.41) is 0. The van der Waals surface area contributed by atoms with Crippen LogP contribution in [0.25, 0.3) is 0 Å². The first-order valence-electron chi connectivity index (χ1n) is 4.66. The minimum absolute atomic E-state index is 0.139. The van der Waals surface area contributed by atoms with E-state index in [-0.39, 0.29) is 12.4 Å². The minimum atomic E-state index is -3.93. The van der Waals surface area contributed by atoms with Gasteiger partial charge in [0.1, 0.15) is 5.75 Å². The summed E-state index contributed by atoms with van der Waals surface area (Å²) in [6.07, 6.45) is 0. The molecule has 0 saturated carbocycles. The lowest BCUT2D eigenvalue weighted by molar-refractivity contribution is -0.140. The molecule has 0 amide bonds. The molecule has 0 radical (unpaired) electrons. The Labute approximate surface area is 94.1 Å². The second kappa shape index (κ2) is 5.50. The Hall–Kier alpha value is -1.56. The van der Waals surface area contributed by atoms with Gasteiger partial charge in [0.2, 0.25) is 0 Å². The van der Waals surface area contributed by atoms with Crippen LogP contribution in [0.4, 0.5) is 0 Å². The standard InChI is InChI=1S/C10H12O5S/c1-2-14-10(11)8-16(12,13)15-9-6-4-3-5-7-9/h3-7H,2,8H2,1H3. The van der Waals surface area contributed by atoms with Gasteiger partial charge in [-0.05, 0) is 19.1 Å². The molecule has 1 aromatic carbocycles. The first-order chi connectivity index (χ1) is 7.53. The molecule has 0 N–H and O–H groups in total. The number of para-hydroxylation sites is 1. The Morgan fingerprint density at radius 3 is 2.44 bits per heavy atom. The maximum atomic E-state index is 11.4. The number of esters is 1. The molecular formula is C10H12O5S. The summed E-state index contributed by atoms with van der Waals surface area (Å²) in [7, 11) is -3.93. The Bertz CT molecular complexity index is 438. The second-order valence-corrected chi connectivity index (χ2v) is 4.47. The number of benzene rings is 1. The van der Waals surface area contributed by atoms with Crippen LogP contribution in [0.3, 0.4) is 0 Å². The van der Waals surface area contributed by atoms with E-state index < -0.39 is 21.8 Å². The summed E-state index contributed by atoms with van der Waals surface area (Å²) < 4.78 is 31.9. The van der Waals surface area contributed by atoms with Gasteiger partial charge in [-0.2, -0.15) is 8.42 Å². The molecule has 1 aromatic rings. The fraction of sp³-hybridized carbons (Fsp3) is 0.300. The van der Waals surface area contributed by atoms with Crippen LogP contribution >= 0.6 is 0 Å². The van der Waals surface area contributed by atoms with Crippen molar-refractivity contribution < 1.29 is 22.1 Å². The van der Waals surface area contributed by atoms with Crippen LogP contribution in [0.5, 0.6) is 5.75 Å². The summed E-state index contributed by atoms with van der Waals surface area (Å²) in [4.78, 5) is 11.0. The van der Waals surface area contributed by atoms with Crippen molar-refractivity contribution in [3.05, 3.63) is 30.3 Å². The fourth-order valence-electron chi connectivity index (χ4n) is 0.999. The molecule has 0 unspecified atom stereocenters. The predicted molar refractivity (Wildman–Crippen MR) is 57.5 cm³/mol. The third kappa shape index (κ3) is 4.31. The van der Waals surface area contributed by atoms with Gasteiger partial charge in [0, 0.05) is 0 Å². The molecule has 0 aliphatic heterocycles. The summed E-state index contributed by atoms with van der Waals surface area (Å²) >= 11 is 0. The Balaban J connectivity index is 2.63. The van der Waals surface area contributed by atoms with E-state index in [1.54, 1.807) is 25.1 Å². The highest BCUT2D eigenvalue weighted by Gasteiger charge is 2.19. The monoisotopic (exact) mass is 244 g/mol. The molecule has 5 nitrogen and oxygen atoms in total. The SMILES string of the molecule is CCOC(=O)CS(=O)(=O)Oc1ccccc1. The third-order valence-electron chi connectivity index (χ3n) is 1.57. The number of hydrogen-bond acceptors (Lipinski definition) is 5. The first kappa shape index (κ1) is 12.5. The van der Waals surface area contributed by atoms with Crippen molar-refractivity contribution in [3.63, 3.8) is 0 Å². The van der Waals surface area contributed by atoms with Crippen molar-refractivity contribution in [1.29, 1.82) is 0 Å². The molecule has 1 rings (SSSR count).